The van der Waals surface area contributed by atoms with Crippen LogP contribution in [-0.4, -0.2) is 97.8 Å². The predicted octanol–water partition coefficient (Wildman–Crippen LogP) is 7.09. The van der Waals surface area contributed by atoms with Crippen LogP contribution >= 0.6 is 11.3 Å². The third kappa shape index (κ3) is 7.83. The first-order chi connectivity index (χ1) is 28.4. The minimum absolute atomic E-state index is 0.0388. The van der Waals surface area contributed by atoms with Crippen molar-refractivity contribution in [3.05, 3.63) is 70.7 Å². The molecule has 4 aromatic heterocycles. The fourth-order valence-corrected chi connectivity index (χ4v) is 12.9. The average Bonchev–Trinajstić information content (AvgIpc) is 3.76. The largest absolute Gasteiger partial charge is 0.476 e. The lowest BCUT2D eigenvalue weighted by Crippen LogP contribution is -2.64. The van der Waals surface area contributed by atoms with Crippen molar-refractivity contribution in [2.24, 2.45) is 16.2 Å². The second-order valence-electron chi connectivity index (χ2n) is 18.4. The minimum atomic E-state index is -1.11. The topological polar surface area (TPSA) is 173 Å². The SMILES string of the molecule is Cc1c(Nc2nc3ccccc3s2)nnc2c1CCCN2c1ccc(-n2nc(CC34CC5(C)CC(C)(C3)CC(OCCNCCOCCO)(C5)C4)cc2C)c(C(=O)O)n1. The summed E-state index contributed by atoms with van der Waals surface area (Å²) in [5, 5.41) is 41.4. The highest BCUT2D eigenvalue weighted by molar-refractivity contribution is 7.22. The van der Waals surface area contributed by atoms with Crippen molar-refractivity contribution >= 4 is 50.1 Å². The lowest BCUT2D eigenvalue weighted by Gasteiger charge is -2.69. The highest BCUT2D eigenvalue weighted by Crippen LogP contribution is 2.72. The summed E-state index contributed by atoms with van der Waals surface area (Å²) in [6.45, 7) is 12.7. The zero-order valence-electron chi connectivity index (χ0n) is 34.5. The number of nitrogens with zero attached hydrogens (tertiary/aromatic N) is 7. The number of anilines is 4. The van der Waals surface area contributed by atoms with E-state index >= 15 is 0 Å². The van der Waals surface area contributed by atoms with Crippen LogP contribution in [0.25, 0.3) is 15.9 Å². The summed E-state index contributed by atoms with van der Waals surface area (Å²) in [6, 6.07) is 13.9. The van der Waals surface area contributed by atoms with Gasteiger partial charge in [-0.25, -0.2) is 19.4 Å². The van der Waals surface area contributed by atoms with E-state index in [1.807, 2.05) is 49.1 Å². The Morgan fingerprint density at radius 3 is 2.53 bits per heavy atom. The number of hydrogen-bond acceptors (Lipinski definition) is 13. The van der Waals surface area contributed by atoms with Crippen molar-refractivity contribution in [1.29, 1.82) is 0 Å². The Bertz CT molecular complexity index is 2330. The smallest absolute Gasteiger partial charge is 0.356 e. The summed E-state index contributed by atoms with van der Waals surface area (Å²) >= 11 is 1.57. The third-order valence-electron chi connectivity index (χ3n) is 13.0. The Labute approximate surface area is 348 Å². The van der Waals surface area contributed by atoms with Crippen LogP contribution in [0, 0.1) is 30.1 Å². The number of fused-ring (bicyclic) bond motifs is 2. The van der Waals surface area contributed by atoms with Gasteiger partial charge in [0.25, 0.3) is 0 Å². The normalized spacial score (nSPS) is 25.8. The summed E-state index contributed by atoms with van der Waals surface area (Å²) in [6.07, 6.45) is 9.18. The number of aryl methyl sites for hydroxylation is 1. The molecule has 2 unspecified atom stereocenters. The van der Waals surface area contributed by atoms with E-state index < -0.39 is 5.97 Å². The monoisotopic (exact) mass is 821 g/mol. The van der Waals surface area contributed by atoms with Gasteiger partial charge in [0.05, 0.1) is 53.6 Å². The molecule has 312 valence electrons. The van der Waals surface area contributed by atoms with Gasteiger partial charge >= 0.3 is 5.97 Å². The van der Waals surface area contributed by atoms with Crippen LogP contribution in [-0.2, 0) is 22.3 Å². The van der Waals surface area contributed by atoms with Gasteiger partial charge in [-0.05, 0) is 118 Å². The van der Waals surface area contributed by atoms with Crippen LogP contribution < -0.4 is 15.5 Å². The fourth-order valence-electron chi connectivity index (χ4n) is 12.1. The number of hydrogen-bond donors (Lipinski definition) is 4. The highest BCUT2D eigenvalue weighted by Gasteiger charge is 2.66. The molecule has 5 aromatic rings. The van der Waals surface area contributed by atoms with E-state index in [4.69, 9.17) is 29.6 Å². The van der Waals surface area contributed by atoms with Gasteiger partial charge in [0.15, 0.2) is 22.5 Å². The minimum Gasteiger partial charge on any atom is -0.476 e. The van der Waals surface area contributed by atoms with Gasteiger partial charge in [-0.15, -0.1) is 10.2 Å². The van der Waals surface area contributed by atoms with E-state index in [1.54, 1.807) is 16.0 Å². The number of thiazole rings is 1. The van der Waals surface area contributed by atoms with E-state index in [1.165, 1.54) is 6.42 Å². The maximum absolute atomic E-state index is 12.9. The first kappa shape index (κ1) is 39.9. The Kier molecular flexibility index (Phi) is 10.5. The standard InChI is InChI=1S/C44H55N9O5S/c1-28-20-30(21-43-23-41(3)22-42(4,24-43)26-44(25-41,27-43)58-18-14-45-13-17-57-19-16-54)51-53(28)33-11-12-35(47-36(33)39(55)56)52-15-7-8-31-29(2)37(49-50-38(31)52)48-40-46-32-9-5-6-10-34(32)59-40/h5-6,9-12,20,45,54H,7-8,13-19,21-27H2,1-4H3,(H,55,56)(H,46,48,49). The van der Waals surface area contributed by atoms with E-state index in [9.17, 15) is 9.90 Å². The number of benzene rings is 1. The molecule has 4 aliphatic carbocycles. The molecule has 4 fully saturated rings. The number of aromatic nitrogens is 6. The molecular weight excluding hydrogens is 767 g/mol. The zero-order valence-corrected chi connectivity index (χ0v) is 35.3. The number of aliphatic hydroxyl groups excluding tert-OH is 1. The number of ether oxygens (including phenoxy) is 2. The summed E-state index contributed by atoms with van der Waals surface area (Å²) in [4.78, 5) is 24.4. The maximum atomic E-state index is 12.9. The van der Waals surface area contributed by atoms with E-state index in [2.05, 4.69) is 46.8 Å². The van der Waals surface area contributed by atoms with Crippen LogP contribution in [0.1, 0.15) is 91.8 Å². The summed E-state index contributed by atoms with van der Waals surface area (Å²) in [5.74, 6) is 0.760. The summed E-state index contributed by atoms with van der Waals surface area (Å²) < 4.78 is 15.1. The van der Waals surface area contributed by atoms with Gasteiger partial charge in [0.1, 0.15) is 5.82 Å². The number of carboxylic acids is 1. The van der Waals surface area contributed by atoms with Gasteiger partial charge in [-0.3, -0.25) is 0 Å². The lowest BCUT2D eigenvalue weighted by atomic mass is 9.38. The van der Waals surface area contributed by atoms with Crippen molar-refractivity contribution in [2.45, 2.75) is 91.1 Å². The Balaban J connectivity index is 0.934. The molecule has 0 amide bonds. The van der Waals surface area contributed by atoms with Crippen LogP contribution in [0.3, 0.4) is 0 Å². The zero-order chi connectivity index (χ0) is 41.0. The van der Waals surface area contributed by atoms with E-state index in [-0.39, 0.29) is 34.1 Å². The Hall–Kier alpha value is -4.54. The third-order valence-corrected chi connectivity index (χ3v) is 13.9. The van der Waals surface area contributed by atoms with Crippen LogP contribution in [0.15, 0.2) is 42.5 Å². The number of nitrogens with one attached hydrogen (secondary N) is 2. The van der Waals surface area contributed by atoms with Crippen LogP contribution in [0.2, 0.25) is 0 Å². The number of carbonyl (C=O) groups is 1. The predicted molar refractivity (Wildman–Crippen MR) is 228 cm³/mol. The molecule has 0 radical (unpaired) electrons. The Morgan fingerprint density at radius 1 is 0.949 bits per heavy atom. The quantitative estimate of drug-likeness (QED) is 0.0745. The molecular formula is C44H55N9O5S. The number of carboxylic acid groups (broad SMARTS) is 1. The van der Waals surface area contributed by atoms with Gasteiger partial charge in [0.2, 0.25) is 0 Å². The first-order valence-electron chi connectivity index (χ1n) is 21.0. The molecule has 5 heterocycles. The maximum Gasteiger partial charge on any atom is 0.356 e. The van der Waals surface area contributed by atoms with E-state index in [0.29, 0.717) is 49.5 Å². The Morgan fingerprint density at radius 2 is 1.75 bits per heavy atom. The molecule has 0 spiro atoms. The highest BCUT2D eigenvalue weighted by atomic mass is 32.1. The number of rotatable bonds is 16. The molecule has 10 rings (SSSR count). The van der Waals surface area contributed by atoms with Gasteiger partial charge in [-0.1, -0.05) is 37.3 Å². The molecule has 5 aliphatic rings. The second-order valence-corrected chi connectivity index (χ2v) is 19.4. The van der Waals surface area contributed by atoms with Gasteiger partial charge in [0, 0.05) is 36.5 Å². The number of para-hydroxylation sites is 1. The fraction of sp³-hybridized carbons (Fsp3) is 0.545. The molecule has 4 bridgehead atoms. The second kappa shape index (κ2) is 15.5. The van der Waals surface area contributed by atoms with Gasteiger partial charge in [-0.2, -0.15) is 5.10 Å². The molecule has 59 heavy (non-hydrogen) atoms. The lowest BCUT2D eigenvalue weighted by molar-refractivity contribution is -0.244. The van der Waals surface area contributed by atoms with Gasteiger partial charge < -0.3 is 35.2 Å². The molecule has 0 saturated heterocycles. The van der Waals surface area contributed by atoms with Crippen molar-refractivity contribution in [2.75, 3.05) is 56.3 Å². The molecule has 4 N–H and O–H groups in total. The van der Waals surface area contributed by atoms with Crippen molar-refractivity contribution in [3.63, 3.8) is 0 Å². The number of aliphatic hydroxyl groups is 1. The van der Waals surface area contributed by atoms with E-state index in [0.717, 1.165) is 102 Å². The first-order valence-corrected chi connectivity index (χ1v) is 21.8. The van der Waals surface area contributed by atoms with Crippen molar-refractivity contribution in [3.8, 4) is 5.69 Å². The number of aromatic carboxylic acids is 1. The van der Waals surface area contributed by atoms with Crippen LogP contribution in [0.5, 0.6) is 0 Å². The molecule has 1 aliphatic heterocycles. The molecule has 2 atom stereocenters. The summed E-state index contributed by atoms with van der Waals surface area (Å²) in [7, 11) is 0. The number of pyridine rings is 1. The summed E-state index contributed by atoms with van der Waals surface area (Å²) in [5.41, 5.74) is 5.51. The average molecular weight is 822 g/mol. The molecule has 14 nitrogen and oxygen atoms in total. The van der Waals surface area contributed by atoms with Crippen LogP contribution in [0.4, 0.5) is 22.6 Å². The molecule has 4 saturated carbocycles. The molecule has 1 aromatic carbocycles. The van der Waals surface area contributed by atoms with Crippen molar-refractivity contribution < 1.29 is 24.5 Å². The molecule has 15 heteroatoms. The van der Waals surface area contributed by atoms with Crippen molar-refractivity contribution in [1.82, 2.24) is 35.3 Å².